The van der Waals surface area contributed by atoms with Crippen LogP contribution in [0.3, 0.4) is 0 Å². The zero-order valence-electron chi connectivity index (χ0n) is 21.6. The lowest BCUT2D eigenvalue weighted by Crippen LogP contribution is -2.49. The number of nitrogens with zero attached hydrogens (tertiary/aromatic N) is 4. The van der Waals surface area contributed by atoms with Crippen molar-refractivity contribution in [2.24, 2.45) is 0 Å². The molecule has 1 aliphatic rings. The largest absolute Gasteiger partial charge is 0.493 e. The Labute approximate surface area is 225 Å². The van der Waals surface area contributed by atoms with Gasteiger partial charge < -0.3 is 19.7 Å². The minimum atomic E-state index is -0.738. The van der Waals surface area contributed by atoms with E-state index in [2.05, 4.69) is 15.3 Å². The lowest BCUT2D eigenvalue weighted by atomic mass is 10.1. The van der Waals surface area contributed by atoms with Gasteiger partial charge in [0.05, 0.1) is 7.11 Å². The van der Waals surface area contributed by atoms with E-state index in [0.717, 1.165) is 24.0 Å². The van der Waals surface area contributed by atoms with E-state index in [4.69, 9.17) is 9.47 Å². The second-order valence-electron chi connectivity index (χ2n) is 9.28. The van der Waals surface area contributed by atoms with Crippen molar-refractivity contribution in [3.05, 3.63) is 100 Å². The number of carbonyl (C=O) groups is 2. The Morgan fingerprint density at radius 1 is 1.08 bits per heavy atom. The number of hydrogen-bond donors (Lipinski definition) is 1. The molecule has 39 heavy (non-hydrogen) atoms. The Bertz CT molecular complexity index is 1540. The molecule has 5 rings (SSSR count). The average molecular weight is 528 g/mol. The number of benzene rings is 1. The zero-order valence-corrected chi connectivity index (χ0v) is 21.6. The van der Waals surface area contributed by atoms with Gasteiger partial charge in [-0.25, -0.2) is 4.98 Å². The first kappa shape index (κ1) is 25.9. The highest BCUT2D eigenvalue weighted by Gasteiger charge is 2.33. The molecule has 1 saturated heterocycles. The summed E-state index contributed by atoms with van der Waals surface area (Å²) < 4.78 is 12.8. The fraction of sp³-hybridized carbons (Fsp3) is 0.276. The molecule has 0 aliphatic carbocycles. The molecule has 1 aromatic carbocycles. The van der Waals surface area contributed by atoms with Crippen molar-refractivity contribution in [1.29, 1.82) is 0 Å². The van der Waals surface area contributed by atoms with E-state index in [1.165, 1.54) is 15.5 Å². The van der Waals surface area contributed by atoms with Crippen LogP contribution in [0, 0.1) is 0 Å². The number of fused-ring (bicyclic) bond motifs is 1. The molecule has 1 aliphatic heterocycles. The molecule has 3 aromatic heterocycles. The number of pyridine rings is 2. The number of carbonyl (C=O) groups excluding carboxylic acids is 2. The summed E-state index contributed by atoms with van der Waals surface area (Å²) in [6.45, 7) is 0.911. The summed E-state index contributed by atoms with van der Waals surface area (Å²) in [6.07, 6.45) is 8.34. The van der Waals surface area contributed by atoms with Crippen LogP contribution in [0.4, 0.5) is 0 Å². The van der Waals surface area contributed by atoms with Crippen LogP contribution in [-0.2, 0) is 17.9 Å². The normalized spacial score (nSPS) is 15.3. The molecule has 200 valence electrons. The molecule has 10 heteroatoms. The van der Waals surface area contributed by atoms with Crippen LogP contribution in [0.1, 0.15) is 40.7 Å². The highest BCUT2D eigenvalue weighted by molar-refractivity contribution is 5.97. The Hall–Kier alpha value is -4.73. The van der Waals surface area contributed by atoms with Gasteiger partial charge in [-0.15, -0.1) is 0 Å². The van der Waals surface area contributed by atoms with Crippen molar-refractivity contribution < 1.29 is 19.1 Å². The van der Waals surface area contributed by atoms with Gasteiger partial charge in [0.2, 0.25) is 5.91 Å². The number of methoxy groups -OCH3 is 1. The summed E-state index contributed by atoms with van der Waals surface area (Å²) >= 11 is 0. The van der Waals surface area contributed by atoms with Crippen molar-refractivity contribution in [2.75, 3.05) is 13.7 Å². The number of ether oxygens (including phenoxy) is 2. The van der Waals surface area contributed by atoms with Crippen LogP contribution in [-0.4, -0.2) is 50.8 Å². The number of rotatable bonds is 8. The van der Waals surface area contributed by atoms with Crippen molar-refractivity contribution in [3.8, 4) is 11.5 Å². The molecular formula is C29H29N5O5. The molecule has 0 spiro atoms. The summed E-state index contributed by atoms with van der Waals surface area (Å²) in [5, 5.41) is 2.90. The molecule has 0 bridgehead atoms. The molecule has 2 amide bonds. The van der Waals surface area contributed by atoms with Gasteiger partial charge in [0.15, 0.2) is 11.5 Å². The number of aromatic nitrogens is 3. The van der Waals surface area contributed by atoms with E-state index in [9.17, 15) is 14.4 Å². The quantitative estimate of drug-likeness (QED) is 0.375. The van der Waals surface area contributed by atoms with Crippen molar-refractivity contribution in [2.45, 2.75) is 38.5 Å². The van der Waals surface area contributed by atoms with Gasteiger partial charge in [-0.05, 0) is 55.2 Å². The second-order valence-corrected chi connectivity index (χ2v) is 9.28. The lowest BCUT2D eigenvalue weighted by Gasteiger charge is -2.30. The molecule has 4 heterocycles. The topological polar surface area (TPSA) is 115 Å². The van der Waals surface area contributed by atoms with Gasteiger partial charge >= 0.3 is 0 Å². The Morgan fingerprint density at radius 2 is 1.97 bits per heavy atom. The van der Waals surface area contributed by atoms with E-state index < -0.39 is 17.5 Å². The summed E-state index contributed by atoms with van der Waals surface area (Å²) in [6, 6.07) is 13.5. The van der Waals surface area contributed by atoms with Crippen molar-refractivity contribution >= 4 is 17.5 Å². The first-order valence-corrected chi connectivity index (χ1v) is 12.8. The molecular weight excluding hydrogens is 498 g/mol. The maximum Gasteiger partial charge on any atom is 0.270 e. The summed E-state index contributed by atoms with van der Waals surface area (Å²) in [4.78, 5) is 50.1. The summed E-state index contributed by atoms with van der Waals surface area (Å²) in [5.74, 6) is 0.228. The predicted molar refractivity (Wildman–Crippen MR) is 144 cm³/mol. The molecule has 1 N–H and O–H groups in total. The van der Waals surface area contributed by atoms with E-state index in [-0.39, 0.29) is 24.6 Å². The molecule has 1 fully saturated rings. The number of nitrogens with one attached hydrogen (secondary N) is 1. The van der Waals surface area contributed by atoms with E-state index in [1.807, 2.05) is 18.2 Å². The third kappa shape index (κ3) is 5.74. The van der Waals surface area contributed by atoms with Crippen molar-refractivity contribution in [1.82, 2.24) is 24.6 Å². The zero-order chi connectivity index (χ0) is 27.2. The molecule has 0 radical (unpaired) electrons. The van der Waals surface area contributed by atoms with Crippen LogP contribution >= 0.6 is 0 Å². The summed E-state index contributed by atoms with van der Waals surface area (Å²) in [5.41, 5.74) is 1.46. The van der Waals surface area contributed by atoms with Crippen LogP contribution in [0.25, 0.3) is 5.65 Å². The fourth-order valence-electron chi connectivity index (χ4n) is 4.65. The molecule has 1 atom stereocenters. The SMILES string of the molecule is COc1ccc(CN(C(=O)c2cnc3ccccn3c2=O)[C@H]2CCCCNC2=O)cc1OCc1cccnc1. The Morgan fingerprint density at radius 3 is 2.79 bits per heavy atom. The minimum Gasteiger partial charge on any atom is -0.493 e. The third-order valence-electron chi connectivity index (χ3n) is 6.69. The Kier molecular flexibility index (Phi) is 7.81. The first-order valence-electron chi connectivity index (χ1n) is 12.8. The van der Waals surface area contributed by atoms with E-state index >= 15 is 0 Å². The first-order chi connectivity index (χ1) is 19.0. The molecule has 10 nitrogen and oxygen atoms in total. The summed E-state index contributed by atoms with van der Waals surface area (Å²) in [7, 11) is 1.55. The lowest BCUT2D eigenvalue weighted by molar-refractivity contribution is -0.125. The Balaban J connectivity index is 1.49. The fourth-order valence-corrected chi connectivity index (χ4v) is 4.65. The molecule has 0 saturated carbocycles. The smallest absolute Gasteiger partial charge is 0.270 e. The van der Waals surface area contributed by atoms with Gasteiger partial charge in [0.1, 0.15) is 23.9 Å². The highest BCUT2D eigenvalue weighted by atomic mass is 16.5. The predicted octanol–water partition coefficient (Wildman–Crippen LogP) is 2.99. The molecule has 0 unspecified atom stereocenters. The minimum absolute atomic E-state index is 0.0844. The standard InChI is InChI=1S/C29H29N5O5/c1-38-24-11-10-20(15-25(24)39-19-21-7-6-12-30-16-21)18-34(23-8-2-4-13-31-27(23)35)29(37)22-17-32-26-9-3-5-14-33(26)28(22)36/h3,5-7,9-12,14-17,23H,2,4,8,13,18-19H2,1H3,(H,31,35)/t23-/m0/s1. The second kappa shape index (κ2) is 11.8. The van der Waals surface area contributed by atoms with Gasteiger partial charge in [-0.1, -0.05) is 18.2 Å². The van der Waals surface area contributed by atoms with Crippen molar-refractivity contribution in [3.63, 3.8) is 0 Å². The maximum atomic E-state index is 13.9. The molecule has 4 aromatic rings. The van der Waals surface area contributed by atoms with Gasteiger partial charge in [0.25, 0.3) is 11.5 Å². The van der Waals surface area contributed by atoms with Crippen LogP contribution in [0.5, 0.6) is 11.5 Å². The van der Waals surface area contributed by atoms with E-state index in [1.54, 1.807) is 56.0 Å². The van der Waals surface area contributed by atoms with Crippen LogP contribution in [0.15, 0.2) is 78.1 Å². The van der Waals surface area contributed by atoms with Crippen LogP contribution in [0.2, 0.25) is 0 Å². The van der Waals surface area contributed by atoms with Gasteiger partial charge in [-0.2, -0.15) is 0 Å². The highest BCUT2D eigenvalue weighted by Crippen LogP contribution is 2.30. The maximum absolute atomic E-state index is 13.9. The van der Waals surface area contributed by atoms with Gasteiger partial charge in [0, 0.05) is 43.4 Å². The van der Waals surface area contributed by atoms with Crippen LogP contribution < -0.4 is 20.3 Å². The van der Waals surface area contributed by atoms with E-state index in [0.29, 0.717) is 30.1 Å². The third-order valence-corrected chi connectivity index (χ3v) is 6.69. The average Bonchev–Trinajstić information content (AvgIpc) is 3.19. The number of amides is 2. The number of hydrogen-bond acceptors (Lipinski definition) is 7. The van der Waals surface area contributed by atoms with Gasteiger partial charge in [-0.3, -0.25) is 23.8 Å². The monoisotopic (exact) mass is 527 g/mol.